The number of hydrogen-bond donors (Lipinski definition) is 0. The maximum absolute atomic E-state index is 5.95. The average molecular weight is 237 g/mol. The molecule has 0 aromatic carbocycles. The zero-order valence-corrected chi connectivity index (χ0v) is 11.2. The van der Waals surface area contributed by atoms with Crippen molar-refractivity contribution in [3.8, 4) is 0 Å². The molecule has 17 heavy (non-hydrogen) atoms. The number of allylic oxidation sites excluding steroid dienone is 1. The van der Waals surface area contributed by atoms with Crippen molar-refractivity contribution in [2.75, 3.05) is 13.7 Å². The van der Waals surface area contributed by atoms with Crippen LogP contribution >= 0.6 is 0 Å². The molecular formula is C12H20BNO3. The molecule has 0 saturated carbocycles. The predicted molar refractivity (Wildman–Crippen MR) is 67.0 cm³/mol. The fourth-order valence-electron chi connectivity index (χ4n) is 1.75. The third-order valence-electron chi connectivity index (χ3n) is 3.68. The maximum atomic E-state index is 5.95. The van der Waals surface area contributed by atoms with Crippen molar-refractivity contribution in [3.05, 3.63) is 24.1 Å². The maximum Gasteiger partial charge on any atom is 0.593 e. The lowest BCUT2D eigenvalue weighted by Crippen LogP contribution is -2.41. The van der Waals surface area contributed by atoms with Crippen LogP contribution in [-0.2, 0) is 14.0 Å². The molecule has 1 fully saturated rings. The Morgan fingerprint density at radius 2 is 1.82 bits per heavy atom. The number of rotatable bonds is 2. The third kappa shape index (κ3) is 2.22. The second-order valence-corrected chi connectivity index (χ2v) is 5.39. The Hall–Kier alpha value is -0.935. The van der Waals surface area contributed by atoms with E-state index >= 15 is 0 Å². The first kappa shape index (κ1) is 12.5. The van der Waals surface area contributed by atoms with E-state index in [4.69, 9.17) is 14.0 Å². The van der Waals surface area contributed by atoms with Crippen LogP contribution in [0, 0.1) is 0 Å². The van der Waals surface area contributed by atoms with E-state index in [1.807, 2.05) is 23.2 Å². The topological polar surface area (TPSA) is 30.9 Å². The van der Waals surface area contributed by atoms with Crippen LogP contribution in [0.5, 0.6) is 0 Å². The molecule has 2 heterocycles. The fourth-order valence-corrected chi connectivity index (χ4v) is 1.75. The number of methoxy groups -OCH3 is 1. The van der Waals surface area contributed by atoms with Gasteiger partial charge in [-0.25, -0.2) is 0 Å². The lowest BCUT2D eigenvalue weighted by molar-refractivity contribution is 0.00578. The Labute approximate surface area is 103 Å². The van der Waals surface area contributed by atoms with E-state index in [0.717, 1.165) is 12.3 Å². The van der Waals surface area contributed by atoms with Gasteiger partial charge in [-0.3, -0.25) is 0 Å². The Bertz CT molecular complexity index is 347. The van der Waals surface area contributed by atoms with Crippen molar-refractivity contribution in [1.29, 1.82) is 0 Å². The summed E-state index contributed by atoms with van der Waals surface area (Å²) in [5.41, 5.74) is -0.590. The van der Waals surface area contributed by atoms with Gasteiger partial charge in [0, 0.05) is 6.54 Å². The molecule has 0 atom stereocenters. The molecule has 0 aromatic rings. The van der Waals surface area contributed by atoms with Crippen molar-refractivity contribution in [1.82, 2.24) is 4.81 Å². The van der Waals surface area contributed by atoms with Gasteiger partial charge < -0.3 is 18.9 Å². The van der Waals surface area contributed by atoms with Gasteiger partial charge in [-0.1, -0.05) is 0 Å². The van der Waals surface area contributed by atoms with Gasteiger partial charge in [0.15, 0.2) is 0 Å². The van der Waals surface area contributed by atoms with Crippen LogP contribution in [0.2, 0.25) is 0 Å². The molecular weight excluding hydrogens is 217 g/mol. The monoisotopic (exact) mass is 237 g/mol. The first-order valence-electron chi connectivity index (χ1n) is 5.89. The zero-order chi connectivity index (χ0) is 12.7. The van der Waals surface area contributed by atoms with Crippen LogP contribution in [0.4, 0.5) is 0 Å². The summed E-state index contributed by atoms with van der Waals surface area (Å²) in [6.07, 6.45) is 5.86. The molecule has 0 N–H and O–H groups in total. The van der Waals surface area contributed by atoms with Crippen LogP contribution in [0.3, 0.4) is 0 Å². The molecule has 0 spiro atoms. The minimum Gasteiger partial charge on any atom is -0.497 e. The largest absolute Gasteiger partial charge is 0.593 e. The summed E-state index contributed by atoms with van der Waals surface area (Å²) >= 11 is 0. The Kier molecular flexibility index (Phi) is 3.00. The van der Waals surface area contributed by atoms with E-state index < -0.39 is 0 Å². The molecule has 5 heteroatoms. The second kappa shape index (κ2) is 4.07. The Morgan fingerprint density at radius 1 is 1.24 bits per heavy atom. The van der Waals surface area contributed by atoms with Crippen LogP contribution in [0.15, 0.2) is 24.1 Å². The first-order chi connectivity index (χ1) is 7.86. The number of ether oxygens (including phenoxy) is 1. The van der Waals surface area contributed by atoms with E-state index in [-0.39, 0.29) is 18.5 Å². The summed E-state index contributed by atoms with van der Waals surface area (Å²) in [5.74, 6) is 0.873. The summed E-state index contributed by atoms with van der Waals surface area (Å²) in [6.45, 7) is 8.94. The van der Waals surface area contributed by atoms with Crippen molar-refractivity contribution >= 4 is 7.25 Å². The minimum absolute atomic E-state index is 0.295. The highest BCUT2D eigenvalue weighted by Crippen LogP contribution is 2.37. The van der Waals surface area contributed by atoms with Gasteiger partial charge in [-0.2, -0.15) is 0 Å². The van der Waals surface area contributed by atoms with Crippen LogP contribution in [-0.4, -0.2) is 36.9 Å². The molecule has 0 amide bonds. The van der Waals surface area contributed by atoms with Crippen molar-refractivity contribution < 1.29 is 14.0 Å². The molecule has 2 aliphatic rings. The lowest BCUT2D eigenvalue weighted by atomic mass is 9.90. The smallest absolute Gasteiger partial charge is 0.497 e. The van der Waals surface area contributed by atoms with Gasteiger partial charge in [-0.05, 0) is 46.0 Å². The molecule has 1 saturated heterocycles. The molecule has 2 aliphatic heterocycles. The normalized spacial score (nSPS) is 26.1. The molecule has 2 rings (SSSR count). The van der Waals surface area contributed by atoms with E-state index in [1.165, 1.54) is 0 Å². The molecule has 94 valence electrons. The molecule has 0 unspecified atom stereocenters. The highest BCUT2D eigenvalue weighted by Gasteiger charge is 2.53. The predicted octanol–water partition coefficient (Wildman–Crippen LogP) is 1.93. The Morgan fingerprint density at radius 3 is 2.24 bits per heavy atom. The molecule has 4 nitrogen and oxygen atoms in total. The Balaban J connectivity index is 2.04. The van der Waals surface area contributed by atoms with Gasteiger partial charge in [-0.15, -0.1) is 0 Å². The van der Waals surface area contributed by atoms with Gasteiger partial charge >= 0.3 is 7.25 Å². The van der Waals surface area contributed by atoms with E-state index in [1.54, 1.807) is 7.11 Å². The molecule has 0 bridgehead atoms. The second-order valence-electron chi connectivity index (χ2n) is 5.39. The third-order valence-corrected chi connectivity index (χ3v) is 3.68. The van der Waals surface area contributed by atoms with E-state index in [2.05, 4.69) is 27.7 Å². The van der Waals surface area contributed by atoms with E-state index in [9.17, 15) is 0 Å². The van der Waals surface area contributed by atoms with Crippen LogP contribution < -0.4 is 0 Å². The van der Waals surface area contributed by atoms with Gasteiger partial charge in [0.05, 0.1) is 18.3 Å². The zero-order valence-electron chi connectivity index (χ0n) is 11.2. The quantitative estimate of drug-likeness (QED) is 0.686. The van der Waals surface area contributed by atoms with Gasteiger partial charge in [0.25, 0.3) is 0 Å². The average Bonchev–Trinajstić information content (AvgIpc) is 2.48. The van der Waals surface area contributed by atoms with Crippen molar-refractivity contribution in [3.63, 3.8) is 0 Å². The summed E-state index contributed by atoms with van der Waals surface area (Å²) in [6, 6.07) is 0. The summed E-state index contributed by atoms with van der Waals surface area (Å²) in [5, 5.41) is 0. The van der Waals surface area contributed by atoms with E-state index in [0.29, 0.717) is 0 Å². The molecule has 0 radical (unpaired) electrons. The van der Waals surface area contributed by atoms with Crippen LogP contribution in [0.1, 0.15) is 27.7 Å². The summed E-state index contributed by atoms with van der Waals surface area (Å²) in [4.78, 5) is 2.01. The summed E-state index contributed by atoms with van der Waals surface area (Å²) in [7, 11) is 1.34. The highest BCUT2D eigenvalue weighted by molar-refractivity contribution is 6.42. The number of nitrogens with zero attached hydrogens (tertiary/aromatic N) is 1. The summed E-state index contributed by atoms with van der Waals surface area (Å²) < 4.78 is 17.1. The van der Waals surface area contributed by atoms with Gasteiger partial charge in [0.1, 0.15) is 5.76 Å². The van der Waals surface area contributed by atoms with Crippen molar-refractivity contribution in [2.24, 2.45) is 0 Å². The molecule has 0 aliphatic carbocycles. The standard InChI is InChI=1S/C12H20BNO3/c1-11(2)12(3,4)17-13(16-11)14-8-6-10(15-5)7-9-14/h6-8H,9H2,1-5H3. The number of hydrogen-bond acceptors (Lipinski definition) is 4. The highest BCUT2D eigenvalue weighted by atomic mass is 16.7. The fraction of sp³-hybridized carbons (Fsp3) is 0.667. The van der Waals surface area contributed by atoms with Crippen LogP contribution in [0.25, 0.3) is 0 Å². The SMILES string of the molecule is COC1=CCN(B2OC(C)(C)C(C)(C)O2)C=C1. The molecule has 0 aromatic heterocycles. The lowest BCUT2D eigenvalue weighted by Gasteiger charge is -2.32. The first-order valence-corrected chi connectivity index (χ1v) is 5.89. The van der Waals surface area contributed by atoms with Gasteiger partial charge in [0.2, 0.25) is 0 Å². The van der Waals surface area contributed by atoms with Crippen molar-refractivity contribution in [2.45, 2.75) is 38.9 Å². The minimum atomic E-state index is -0.328.